The first-order valence-electron chi connectivity index (χ1n) is 10.1. The number of amides is 3. The molecule has 0 bridgehead atoms. The Hall–Kier alpha value is -2.15. The van der Waals surface area contributed by atoms with Gasteiger partial charge in [0, 0.05) is 31.6 Å². The van der Waals surface area contributed by atoms with Gasteiger partial charge >= 0.3 is 6.03 Å². The van der Waals surface area contributed by atoms with Crippen LogP contribution in [0, 0.1) is 5.82 Å². The van der Waals surface area contributed by atoms with E-state index in [0.29, 0.717) is 18.8 Å². The fourth-order valence-electron chi connectivity index (χ4n) is 3.93. The predicted molar refractivity (Wildman–Crippen MR) is 102 cm³/mol. The van der Waals surface area contributed by atoms with Gasteiger partial charge in [-0.25, -0.2) is 9.18 Å². The molecular formula is C20H30FN4O2+. The molecule has 1 atom stereocenters. The minimum absolute atomic E-state index is 0.0586. The van der Waals surface area contributed by atoms with Crippen LogP contribution in [0.15, 0.2) is 24.3 Å². The summed E-state index contributed by atoms with van der Waals surface area (Å²) in [6.07, 6.45) is 6.54. The Kier molecular flexibility index (Phi) is 7.04. The number of benzene rings is 1. The largest absolute Gasteiger partial charge is 0.338 e. The van der Waals surface area contributed by atoms with Gasteiger partial charge in [0.2, 0.25) is 5.91 Å². The lowest BCUT2D eigenvalue weighted by Crippen LogP contribution is -3.11. The SMILES string of the molecule is O=C(NCCC[NH+]1CCCCCC1)N[C@H]1CC(=O)N(c2ccc(F)cc2)C1. The summed E-state index contributed by atoms with van der Waals surface area (Å²) in [6, 6.07) is 5.39. The summed E-state index contributed by atoms with van der Waals surface area (Å²) in [5.74, 6) is -0.391. The average Bonchev–Trinajstić information content (AvgIpc) is 2.84. The Labute approximate surface area is 160 Å². The molecule has 1 aromatic carbocycles. The molecule has 7 heteroatoms. The molecule has 0 aliphatic carbocycles. The summed E-state index contributed by atoms with van der Waals surface area (Å²) >= 11 is 0. The average molecular weight is 377 g/mol. The van der Waals surface area contributed by atoms with Crippen molar-refractivity contribution in [2.24, 2.45) is 0 Å². The van der Waals surface area contributed by atoms with E-state index in [9.17, 15) is 14.0 Å². The second-order valence-corrected chi connectivity index (χ2v) is 7.55. The van der Waals surface area contributed by atoms with Crippen molar-refractivity contribution in [1.82, 2.24) is 10.6 Å². The van der Waals surface area contributed by atoms with Gasteiger partial charge in [0.05, 0.1) is 25.7 Å². The van der Waals surface area contributed by atoms with Gasteiger partial charge < -0.3 is 20.4 Å². The van der Waals surface area contributed by atoms with Gasteiger partial charge in [0.15, 0.2) is 0 Å². The van der Waals surface area contributed by atoms with Crippen molar-refractivity contribution in [2.75, 3.05) is 37.6 Å². The zero-order valence-electron chi connectivity index (χ0n) is 15.8. The molecule has 2 aliphatic heterocycles. The number of carbonyl (C=O) groups excluding carboxylic acids is 2. The van der Waals surface area contributed by atoms with E-state index < -0.39 is 0 Å². The molecule has 2 saturated heterocycles. The van der Waals surface area contributed by atoms with Gasteiger partial charge in [0.1, 0.15) is 5.82 Å². The van der Waals surface area contributed by atoms with Gasteiger partial charge in [-0.1, -0.05) is 0 Å². The van der Waals surface area contributed by atoms with Crippen LogP contribution in [0.3, 0.4) is 0 Å². The lowest BCUT2D eigenvalue weighted by Gasteiger charge is -2.18. The Morgan fingerprint density at radius 1 is 1.15 bits per heavy atom. The number of hydrogen-bond acceptors (Lipinski definition) is 2. The Morgan fingerprint density at radius 2 is 1.85 bits per heavy atom. The first kappa shape index (κ1) is 19.6. The number of rotatable bonds is 6. The van der Waals surface area contributed by atoms with E-state index in [4.69, 9.17) is 0 Å². The smallest absolute Gasteiger partial charge is 0.315 e. The third kappa shape index (κ3) is 5.92. The molecular weight excluding hydrogens is 347 g/mol. The number of quaternary nitrogens is 1. The molecule has 2 aliphatic rings. The molecule has 3 rings (SSSR count). The lowest BCUT2D eigenvalue weighted by molar-refractivity contribution is -0.899. The molecule has 0 unspecified atom stereocenters. The molecule has 2 fully saturated rings. The third-order valence-corrected chi connectivity index (χ3v) is 5.40. The highest BCUT2D eigenvalue weighted by Crippen LogP contribution is 2.21. The van der Waals surface area contributed by atoms with E-state index in [-0.39, 0.29) is 30.2 Å². The molecule has 3 N–H and O–H groups in total. The van der Waals surface area contributed by atoms with E-state index in [1.165, 1.54) is 50.9 Å². The van der Waals surface area contributed by atoms with Crippen LogP contribution >= 0.6 is 0 Å². The second-order valence-electron chi connectivity index (χ2n) is 7.55. The number of urea groups is 1. The van der Waals surface area contributed by atoms with Gasteiger partial charge in [-0.05, 0) is 49.9 Å². The summed E-state index contributed by atoms with van der Waals surface area (Å²) in [4.78, 5) is 27.5. The van der Waals surface area contributed by atoms with Gasteiger partial charge in [-0.15, -0.1) is 0 Å². The van der Waals surface area contributed by atoms with Crippen LogP contribution in [-0.4, -0.2) is 50.7 Å². The Balaban J connectivity index is 1.35. The molecule has 148 valence electrons. The first-order chi connectivity index (χ1) is 13.1. The van der Waals surface area contributed by atoms with Crippen molar-refractivity contribution in [3.8, 4) is 0 Å². The maximum Gasteiger partial charge on any atom is 0.315 e. The third-order valence-electron chi connectivity index (χ3n) is 5.40. The summed E-state index contributed by atoms with van der Waals surface area (Å²) in [5.41, 5.74) is 0.659. The maximum absolute atomic E-state index is 13.0. The predicted octanol–water partition coefficient (Wildman–Crippen LogP) is 1.08. The lowest BCUT2D eigenvalue weighted by atomic mass is 10.2. The quantitative estimate of drug-likeness (QED) is 0.650. The van der Waals surface area contributed by atoms with Crippen LogP contribution < -0.4 is 20.4 Å². The van der Waals surface area contributed by atoms with E-state index >= 15 is 0 Å². The number of anilines is 1. The number of hydrogen-bond donors (Lipinski definition) is 3. The van der Waals surface area contributed by atoms with E-state index in [1.54, 1.807) is 21.9 Å². The number of carbonyl (C=O) groups is 2. The highest BCUT2D eigenvalue weighted by atomic mass is 19.1. The standard InChI is InChI=1S/C20H29FN4O2/c21-16-6-8-18(9-7-16)25-15-17(14-19(25)26)23-20(27)22-10-5-13-24-11-3-1-2-4-12-24/h6-9,17H,1-5,10-15H2,(H2,22,23,27)/p+1/t17-/m0/s1. The van der Waals surface area contributed by atoms with Crippen molar-refractivity contribution in [2.45, 2.75) is 44.6 Å². The number of halogens is 1. The minimum Gasteiger partial charge on any atom is -0.338 e. The second kappa shape index (κ2) is 9.69. The van der Waals surface area contributed by atoms with Crippen LogP contribution in [-0.2, 0) is 4.79 Å². The number of likely N-dealkylation sites (tertiary alicyclic amines) is 1. The Morgan fingerprint density at radius 3 is 2.56 bits per heavy atom. The van der Waals surface area contributed by atoms with E-state index in [0.717, 1.165) is 13.0 Å². The maximum atomic E-state index is 13.0. The summed E-state index contributed by atoms with van der Waals surface area (Å²) in [7, 11) is 0. The van der Waals surface area contributed by atoms with Crippen molar-refractivity contribution in [1.29, 1.82) is 0 Å². The van der Waals surface area contributed by atoms with E-state index in [2.05, 4.69) is 10.6 Å². The fraction of sp³-hybridized carbons (Fsp3) is 0.600. The molecule has 0 spiro atoms. The van der Waals surface area contributed by atoms with Crippen LogP contribution in [0.4, 0.5) is 14.9 Å². The minimum atomic E-state index is -0.332. The summed E-state index contributed by atoms with van der Waals surface area (Å²) < 4.78 is 13.0. The molecule has 2 heterocycles. The molecule has 0 saturated carbocycles. The topological polar surface area (TPSA) is 65.9 Å². The number of nitrogens with one attached hydrogen (secondary N) is 3. The van der Waals surface area contributed by atoms with Crippen LogP contribution in [0.2, 0.25) is 0 Å². The van der Waals surface area contributed by atoms with Gasteiger partial charge in [-0.3, -0.25) is 4.79 Å². The van der Waals surface area contributed by atoms with E-state index in [1.807, 2.05) is 0 Å². The summed E-state index contributed by atoms with van der Waals surface area (Å²) in [5, 5.41) is 5.77. The van der Waals surface area contributed by atoms with Crippen molar-refractivity contribution < 1.29 is 18.9 Å². The summed E-state index contributed by atoms with van der Waals surface area (Å²) in [6.45, 7) is 4.65. The van der Waals surface area contributed by atoms with Gasteiger partial charge in [-0.2, -0.15) is 0 Å². The zero-order valence-corrected chi connectivity index (χ0v) is 15.8. The molecule has 0 radical (unpaired) electrons. The van der Waals surface area contributed by atoms with Crippen molar-refractivity contribution in [3.63, 3.8) is 0 Å². The van der Waals surface area contributed by atoms with Gasteiger partial charge in [0.25, 0.3) is 0 Å². The molecule has 0 aromatic heterocycles. The first-order valence-corrected chi connectivity index (χ1v) is 10.1. The normalized spacial score (nSPS) is 21.1. The molecule has 6 nitrogen and oxygen atoms in total. The molecule has 1 aromatic rings. The Bertz CT molecular complexity index is 629. The monoisotopic (exact) mass is 377 g/mol. The van der Waals surface area contributed by atoms with Crippen LogP contribution in [0.5, 0.6) is 0 Å². The van der Waals surface area contributed by atoms with Crippen molar-refractivity contribution >= 4 is 17.6 Å². The highest BCUT2D eigenvalue weighted by Gasteiger charge is 2.31. The van der Waals surface area contributed by atoms with Crippen LogP contribution in [0.25, 0.3) is 0 Å². The molecule has 27 heavy (non-hydrogen) atoms. The van der Waals surface area contributed by atoms with Crippen molar-refractivity contribution in [3.05, 3.63) is 30.1 Å². The highest BCUT2D eigenvalue weighted by molar-refractivity contribution is 5.96. The fourth-order valence-corrected chi connectivity index (χ4v) is 3.93. The zero-order chi connectivity index (χ0) is 19.1. The van der Waals surface area contributed by atoms with Crippen LogP contribution in [0.1, 0.15) is 38.5 Å². The molecule has 3 amide bonds. The number of nitrogens with zero attached hydrogens (tertiary/aromatic N) is 1.